The number of fused-ring (bicyclic) bond motifs is 4. The van der Waals surface area contributed by atoms with Crippen LogP contribution in [0, 0.1) is 0 Å². The quantitative estimate of drug-likeness (QED) is 0.639. The second-order valence-electron chi connectivity index (χ2n) is 8.92. The van der Waals surface area contributed by atoms with E-state index in [2.05, 4.69) is 14.8 Å². The van der Waals surface area contributed by atoms with E-state index < -0.39 is 22.1 Å². The number of rotatable bonds is 2. The highest BCUT2D eigenvalue weighted by Crippen LogP contribution is 2.58. The molecule has 11 heteroatoms. The number of aliphatic hydroxyl groups excluding tert-OH is 1. The van der Waals surface area contributed by atoms with Crippen molar-refractivity contribution in [2.75, 3.05) is 11.9 Å². The van der Waals surface area contributed by atoms with E-state index in [1.54, 1.807) is 0 Å². The highest BCUT2D eigenvalue weighted by atomic mass is 32.2. The number of pyridine rings is 1. The predicted molar refractivity (Wildman–Crippen MR) is 111 cm³/mol. The summed E-state index contributed by atoms with van der Waals surface area (Å²) in [6.45, 7) is 0.242. The topological polar surface area (TPSA) is 145 Å². The van der Waals surface area contributed by atoms with E-state index in [0.29, 0.717) is 0 Å². The van der Waals surface area contributed by atoms with Gasteiger partial charge in [-0.1, -0.05) is 0 Å². The van der Waals surface area contributed by atoms with Crippen molar-refractivity contribution in [2.45, 2.75) is 67.9 Å². The van der Waals surface area contributed by atoms with Crippen molar-refractivity contribution in [3.8, 4) is 5.88 Å². The maximum Gasteiger partial charge on any atom is 0.354 e. The van der Waals surface area contributed by atoms with Gasteiger partial charge in [-0.2, -0.15) is 5.10 Å². The molecule has 1 aliphatic heterocycles. The van der Waals surface area contributed by atoms with Gasteiger partial charge in [-0.15, -0.1) is 4.36 Å². The average Bonchev–Trinajstić information content (AvgIpc) is 3.04. The SMILES string of the molecule is NS(=O)(=NC(=O)Nc1c2c(nc3c1CCC31CC1)CCC2)c1cnn2c1OCC(O)C2. The first-order valence-corrected chi connectivity index (χ1v) is 12.2. The Balaban J connectivity index is 1.35. The molecule has 4 aliphatic rings. The fraction of sp³-hybridized carbons (Fsp3) is 0.550. The summed E-state index contributed by atoms with van der Waals surface area (Å²) in [4.78, 5) is 17.9. The van der Waals surface area contributed by atoms with Crippen molar-refractivity contribution in [1.82, 2.24) is 14.8 Å². The summed E-state index contributed by atoms with van der Waals surface area (Å²) in [5.74, 6) is 0.177. The minimum absolute atomic E-state index is 0.0391. The smallest absolute Gasteiger partial charge is 0.354 e. The van der Waals surface area contributed by atoms with Crippen LogP contribution in [0.3, 0.4) is 0 Å². The molecule has 2 unspecified atom stereocenters. The largest absolute Gasteiger partial charge is 0.474 e. The highest BCUT2D eigenvalue weighted by Gasteiger charge is 2.51. The second-order valence-corrected chi connectivity index (χ2v) is 10.7. The average molecular weight is 445 g/mol. The predicted octanol–water partition coefficient (Wildman–Crippen LogP) is 1.43. The number of carbonyl (C=O) groups is 1. The Kier molecular flexibility index (Phi) is 4.03. The summed E-state index contributed by atoms with van der Waals surface area (Å²) < 4.78 is 23.8. The molecule has 0 aromatic carbocycles. The number of aromatic nitrogens is 3. The van der Waals surface area contributed by atoms with Gasteiger partial charge in [0.2, 0.25) is 5.88 Å². The fourth-order valence-electron chi connectivity index (χ4n) is 5.14. The fourth-order valence-corrected chi connectivity index (χ4v) is 6.14. The van der Waals surface area contributed by atoms with Crippen LogP contribution in [0.1, 0.15) is 48.2 Å². The van der Waals surface area contributed by atoms with E-state index in [1.165, 1.54) is 10.9 Å². The number of ether oxygens (including phenoxy) is 1. The summed E-state index contributed by atoms with van der Waals surface area (Å²) in [7, 11) is -3.58. The van der Waals surface area contributed by atoms with E-state index in [9.17, 15) is 14.1 Å². The molecule has 1 saturated carbocycles. The molecule has 2 aromatic rings. The van der Waals surface area contributed by atoms with E-state index in [-0.39, 0.29) is 29.3 Å². The number of aliphatic hydroxyl groups is 1. The third kappa shape index (κ3) is 2.98. The molecule has 0 bridgehead atoms. The van der Waals surface area contributed by atoms with Crippen molar-refractivity contribution < 1.29 is 18.8 Å². The molecule has 6 rings (SSSR count). The highest BCUT2D eigenvalue weighted by molar-refractivity contribution is 7.91. The monoisotopic (exact) mass is 444 g/mol. The minimum Gasteiger partial charge on any atom is -0.474 e. The normalized spacial score (nSPS) is 24.0. The zero-order chi connectivity index (χ0) is 21.4. The van der Waals surface area contributed by atoms with Crippen molar-refractivity contribution in [1.29, 1.82) is 0 Å². The summed E-state index contributed by atoms with van der Waals surface area (Å²) in [6, 6.07) is -0.748. The molecule has 2 aromatic heterocycles. The van der Waals surface area contributed by atoms with Crippen LogP contribution in [0.2, 0.25) is 0 Å². The van der Waals surface area contributed by atoms with Gasteiger partial charge in [0, 0.05) is 11.1 Å². The first-order chi connectivity index (χ1) is 14.9. The molecule has 164 valence electrons. The molecular weight excluding hydrogens is 420 g/mol. The van der Waals surface area contributed by atoms with E-state index in [4.69, 9.17) is 14.9 Å². The molecule has 2 atom stereocenters. The van der Waals surface area contributed by atoms with Crippen LogP contribution in [0.15, 0.2) is 15.5 Å². The number of anilines is 1. The Morgan fingerprint density at radius 1 is 1.32 bits per heavy atom. The lowest BCUT2D eigenvalue weighted by Gasteiger charge is -2.20. The minimum atomic E-state index is -3.58. The third-order valence-electron chi connectivity index (χ3n) is 6.86. The summed E-state index contributed by atoms with van der Waals surface area (Å²) in [6.07, 6.45) is 7.63. The number of hydrogen-bond donors (Lipinski definition) is 3. The van der Waals surface area contributed by atoms with Crippen LogP contribution in [0.5, 0.6) is 5.88 Å². The van der Waals surface area contributed by atoms with Gasteiger partial charge in [0.15, 0.2) is 9.92 Å². The molecule has 3 heterocycles. The van der Waals surface area contributed by atoms with Gasteiger partial charge in [-0.05, 0) is 56.1 Å². The lowest BCUT2D eigenvalue weighted by atomic mass is 10.0. The maximum atomic E-state index is 13.1. The van der Waals surface area contributed by atoms with Crippen LogP contribution in [-0.2, 0) is 41.1 Å². The summed E-state index contributed by atoms with van der Waals surface area (Å²) in [5, 5.41) is 22.6. The van der Waals surface area contributed by atoms with Gasteiger partial charge >= 0.3 is 6.03 Å². The van der Waals surface area contributed by atoms with Crippen LogP contribution < -0.4 is 15.2 Å². The van der Waals surface area contributed by atoms with Gasteiger partial charge < -0.3 is 15.2 Å². The molecule has 31 heavy (non-hydrogen) atoms. The molecule has 10 nitrogen and oxygen atoms in total. The number of nitrogens with two attached hydrogens (primary N) is 1. The van der Waals surface area contributed by atoms with Crippen molar-refractivity contribution in [3.63, 3.8) is 0 Å². The number of amides is 2. The molecular formula is C20H24N6O4S. The van der Waals surface area contributed by atoms with Crippen LogP contribution in [0.25, 0.3) is 0 Å². The molecule has 2 amide bonds. The van der Waals surface area contributed by atoms with E-state index in [0.717, 1.165) is 73.1 Å². The molecule has 0 saturated heterocycles. The zero-order valence-electron chi connectivity index (χ0n) is 17.0. The second kappa shape index (κ2) is 6.50. The van der Waals surface area contributed by atoms with Gasteiger partial charge in [0.25, 0.3) is 0 Å². The summed E-state index contributed by atoms with van der Waals surface area (Å²) in [5.41, 5.74) is 5.36. The van der Waals surface area contributed by atoms with Crippen molar-refractivity contribution in [3.05, 3.63) is 28.7 Å². The number of nitrogens with zero attached hydrogens (tertiary/aromatic N) is 4. The lowest BCUT2D eigenvalue weighted by molar-refractivity contribution is 0.0538. The Morgan fingerprint density at radius 2 is 2.16 bits per heavy atom. The number of urea groups is 1. The van der Waals surface area contributed by atoms with Gasteiger partial charge in [-0.25, -0.2) is 18.8 Å². The number of carbonyl (C=O) groups excluding carboxylic acids is 1. The Hall–Kier alpha value is -2.50. The van der Waals surface area contributed by atoms with Crippen molar-refractivity contribution in [2.24, 2.45) is 9.50 Å². The number of hydrogen-bond acceptors (Lipinski definition) is 6. The molecule has 1 fully saturated rings. The van der Waals surface area contributed by atoms with Gasteiger partial charge in [-0.3, -0.25) is 4.98 Å². The van der Waals surface area contributed by atoms with E-state index >= 15 is 0 Å². The summed E-state index contributed by atoms with van der Waals surface area (Å²) >= 11 is 0. The molecule has 4 N–H and O–H groups in total. The Labute approximate surface area is 179 Å². The lowest BCUT2D eigenvalue weighted by Crippen LogP contribution is -2.31. The zero-order valence-corrected chi connectivity index (χ0v) is 17.8. The van der Waals surface area contributed by atoms with Crippen LogP contribution in [-0.4, -0.2) is 42.8 Å². The Bertz CT molecular complexity index is 1240. The maximum absolute atomic E-state index is 13.1. The molecule has 0 radical (unpaired) electrons. The van der Waals surface area contributed by atoms with Crippen molar-refractivity contribution >= 4 is 21.6 Å². The first kappa shape index (κ1) is 19.2. The molecule has 1 spiro atoms. The first-order valence-electron chi connectivity index (χ1n) is 10.6. The third-order valence-corrected chi connectivity index (χ3v) is 8.20. The van der Waals surface area contributed by atoms with Gasteiger partial charge in [0.1, 0.15) is 17.6 Å². The molecule has 3 aliphatic carbocycles. The van der Waals surface area contributed by atoms with Crippen LogP contribution >= 0.6 is 0 Å². The van der Waals surface area contributed by atoms with Crippen LogP contribution in [0.4, 0.5) is 10.5 Å². The number of aryl methyl sites for hydroxylation is 1. The Morgan fingerprint density at radius 3 is 2.97 bits per heavy atom. The van der Waals surface area contributed by atoms with E-state index in [1.807, 2.05) is 0 Å². The standard InChI is InChI=1S/C20H24N6O4S/c21-31(29,15-8-22-26-9-11(27)10-30-18(15)26)25-19(28)24-16-12-2-1-3-14(12)23-17-13(16)4-5-20(17)6-7-20/h8,11,27H,1-7,9-10H2,(H3,21,23,24,25,28,29). The number of nitrogens with one attached hydrogen (secondary N) is 1. The van der Waals surface area contributed by atoms with Gasteiger partial charge in [0.05, 0.1) is 24.1 Å².